The Hall–Kier alpha value is -1.10. The van der Waals surface area contributed by atoms with Crippen LogP contribution < -0.4 is 10.6 Å². The molecule has 1 atom stereocenters. The minimum Gasteiger partial charge on any atom is -0.394 e. The van der Waals surface area contributed by atoms with Gasteiger partial charge in [-0.2, -0.15) is 0 Å². The van der Waals surface area contributed by atoms with Gasteiger partial charge in [-0.25, -0.2) is 0 Å². The zero-order valence-electron chi connectivity index (χ0n) is 12.9. The molecular formula is C15H28N2O3. The Bertz CT molecular complexity index is 336. The second-order valence-electron chi connectivity index (χ2n) is 6.54. The average molecular weight is 284 g/mol. The van der Waals surface area contributed by atoms with E-state index in [1.165, 1.54) is 6.42 Å². The Morgan fingerprint density at radius 1 is 1.25 bits per heavy atom. The molecule has 0 aromatic heterocycles. The lowest BCUT2D eigenvalue weighted by Gasteiger charge is -2.26. The summed E-state index contributed by atoms with van der Waals surface area (Å²) in [6.07, 6.45) is 5.62. The van der Waals surface area contributed by atoms with E-state index in [1.807, 2.05) is 6.92 Å². The van der Waals surface area contributed by atoms with E-state index in [1.54, 1.807) is 13.8 Å². The fraction of sp³-hybridized carbons (Fsp3) is 0.867. The van der Waals surface area contributed by atoms with Gasteiger partial charge in [0.05, 0.1) is 12.1 Å². The van der Waals surface area contributed by atoms with E-state index < -0.39 is 5.54 Å². The maximum Gasteiger partial charge on any atom is 0.223 e. The van der Waals surface area contributed by atoms with E-state index in [9.17, 15) is 9.59 Å². The number of carbonyl (C=O) groups excluding carboxylic acids is 2. The van der Waals surface area contributed by atoms with Crippen LogP contribution in [0, 0.1) is 5.92 Å². The summed E-state index contributed by atoms with van der Waals surface area (Å²) in [6.45, 7) is 5.25. The minimum atomic E-state index is -0.621. The second-order valence-corrected chi connectivity index (χ2v) is 6.54. The summed E-state index contributed by atoms with van der Waals surface area (Å²) in [6, 6.07) is -0.182. The number of aliphatic hydroxyl groups excluding tert-OH is 1. The molecule has 0 heterocycles. The van der Waals surface area contributed by atoms with E-state index in [0.717, 1.165) is 25.7 Å². The number of nitrogens with one attached hydrogen (secondary N) is 2. The van der Waals surface area contributed by atoms with Crippen LogP contribution in [0.2, 0.25) is 0 Å². The molecule has 5 heteroatoms. The topological polar surface area (TPSA) is 78.4 Å². The highest BCUT2D eigenvalue weighted by atomic mass is 16.3. The molecule has 1 rings (SSSR count). The zero-order chi connectivity index (χ0) is 15.2. The van der Waals surface area contributed by atoms with Gasteiger partial charge in [-0.15, -0.1) is 0 Å². The number of aliphatic hydroxyl groups is 1. The van der Waals surface area contributed by atoms with Crippen LogP contribution in [0.25, 0.3) is 0 Å². The Morgan fingerprint density at radius 3 is 2.40 bits per heavy atom. The summed E-state index contributed by atoms with van der Waals surface area (Å²) in [5.74, 6) is 0.0371. The van der Waals surface area contributed by atoms with Gasteiger partial charge in [0, 0.05) is 18.4 Å². The van der Waals surface area contributed by atoms with E-state index >= 15 is 0 Å². The van der Waals surface area contributed by atoms with Gasteiger partial charge in [-0.1, -0.05) is 19.3 Å². The minimum absolute atomic E-state index is 0.0754. The van der Waals surface area contributed by atoms with Crippen molar-refractivity contribution in [2.75, 3.05) is 6.61 Å². The summed E-state index contributed by atoms with van der Waals surface area (Å²) in [5.41, 5.74) is -0.621. The van der Waals surface area contributed by atoms with Crippen LogP contribution in [0.1, 0.15) is 59.3 Å². The Balaban J connectivity index is 2.33. The van der Waals surface area contributed by atoms with Crippen molar-refractivity contribution in [1.82, 2.24) is 10.6 Å². The Morgan fingerprint density at radius 2 is 1.85 bits per heavy atom. The van der Waals surface area contributed by atoms with Crippen LogP contribution in [-0.4, -0.2) is 35.1 Å². The summed E-state index contributed by atoms with van der Waals surface area (Å²) in [7, 11) is 0. The number of hydrogen-bond acceptors (Lipinski definition) is 3. The van der Waals surface area contributed by atoms with Gasteiger partial charge >= 0.3 is 0 Å². The fourth-order valence-corrected chi connectivity index (χ4v) is 2.52. The van der Waals surface area contributed by atoms with Crippen molar-refractivity contribution < 1.29 is 14.7 Å². The van der Waals surface area contributed by atoms with Crippen molar-refractivity contribution >= 4 is 11.8 Å². The molecule has 1 saturated carbocycles. The van der Waals surface area contributed by atoms with E-state index in [2.05, 4.69) is 10.6 Å². The van der Waals surface area contributed by atoms with Crippen LogP contribution in [-0.2, 0) is 9.59 Å². The number of amides is 2. The van der Waals surface area contributed by atoms with Crippen molar-refractivity contribution in [2.45, 2.75) is 70.9 Å². The van der Waals surface area contributed by atoms with Gasteiger partial charge in [-0.3, -0.25) is 9.59 Å². The maximum absolute atomic E-state index is 12.0. The molecular weight excluding hydrogens is 256 g/mol. The van der Waals surface area contributed by atoms with Crippen molar-refractivity contribution in [3.63, 3.8) is 0 Å². The first-order valence-electron chi connectivity index (χ1n) is 7.56. The quantitative estimate of drug-likeness (QED) is 0.689. The van der Waals surface area contributed by atoms with Gasteiger partial charge in [0.2, 0.25) is 11.8 Å². The molecule has 0 radical (unpaired) electrons. The van der Waals surface area contributed by atoms with Crippen molar-refractivity contribution in [2.24, 2.45) is 5.92 Å². The van der Waals surface area contributed by atoms with Gasteiger partial charge in [-0.05, 0) is 33.6 Å². The molecule has 0 aromatic rings. The van der Waals surface area contributed by atoms with Crippen LogP contribution in [0.15, 0.2) is 0 Å². The lowest BCUT2D eigenvalue weighted by molar-refractivity contribution is -0.127. The molecule has 1 aliphatic carbocycles. The normalized spacial score (nSPS) is 18.4. The van der Waals surface area contributed by atoms with Gasteiger partial charge < -0.3 is 15.7 Å². The first-order chi connectivity index (χ1) is 9.34. The van der Waals surface area contributed by atoms with E-state index in [4.69, 9.17) is 5.11 Å². The van der Waals surface area contributed by atoms with Crippen molar-refractivity contribution in [3.8, 4) is 0 Å². The molecule has 0 unspecified atom stereocenters. The third-order valence-electron chi connectivity index (χ3n) is 3.73. The van der Waals surface area contributed by atoms with E-state index in [0.29, 0.717) is 0 Å². The lowest BCUT2D eigenvalue weighted by Crippen LogP contribution is -2.48. The standard InChI is InChI=1S/C15H28N2O3/c1-11(9-13(19)17-15(2,3)10-18)16-14(20)12-7-5-4-6-8-12/h11-12,18H,4-10H2,1-3H3,(H,16,20)(H,17,19)/t11-/m0/s1. The molecule has 0 saturated heterocycles. The first-order valence-corrected chi connectivity index (χ1v) is 7.56. The highest BCUT2D eigenvalue weighted by molar-refractivity contribution is 5.81. The molecule has 0 aliphatic heterocycles. The maximum atomic E-state index is 12.0. The van der Waals surface area contributed by atoms with Crippen LogP contribution in [0.4, 0.5) is 0 Å². The number of rotatable bonds is 6. The fourth-order valence-electron chi connectivity index (χ4n) is 2.52. The highest BCUT2D eigenvalue weighted by Crippen LogP contribution is 2.23. The van der Waals surface area contributed by atoms with Gasteiger partial charge in [0.25, 0.3) is 0 Å². The van der Waals surface area contributed by atoms with Crippen LogP contribution in [0.3, 0.4) is 0 Å². The van der Waals surface area contributed by atoms with Gasteiger partial charge in [0.15, 0.2) is 0 Å². The molecule has 1 aliphatic rings. The average Bonchev–Trinajstić information content (AvgIpc) is 2.38. The summed E-state index contributed by atoms with van der Waals surface area (Å²) in [4.78, 5) is 23.9. The Kier molecular flexibility index (Phi) is 6.46. The molecule has 5 nitrogen and oxygen atoms in total. The Labute approximate surface area is 121 Å². The smallest absolute Gasteiger partial charge is 0.223 e. The number of carbonyl (C=O) groups is 2. The van der Waals surface area contributed by atoms with E-state index in [-0.39, 0.29) is 36.8 Å². The van der Waals surface area contributed by atoms with Crippen LogP contribution in [0.5, 0.6) is 0 Å². The van der Waals surface area contributed by atoms with Crippen LogP contribution >= 0.6 is 0 Å². The predicted octanol–water partition coefficient (Wildman–Crippen LogP) is 1.35. The third-order valence-corrected chi connectivity index (χ3v) is 3.73. The summed E-state index contributed by atoms with van der Waals surface area (Å²) < 4.78 is 0. The molecule has 116 valence electrons. The van der Waals surface area contributed by atoms with Crippen molar-refractivity contribution in [3.05, 3.63) is 0 Å². The predicted molar refractivity (Wildman–Crippen MR) is 78.1 cm³/mol. The monoisotopic (exact) mass is 284 g/mol. The molecule has 1 fully saturated rings. The first kappa shape index (κ1) is 17.0. The third kappa shape index (κ3) is 5.90. The molecule has 0 bridgehead atoms. The summed E-state index contributed by atoms with van der Waals surface area (Å²) in [5, 5.41) is 14.8. The molecule has 0 spiro atoms. The molecule has 0 aromatic carbocycles. The highest BCUT2D eigenvalue weighted by Gasteiger charge is 2.24. The molecule has 3 N–H and O–H groups in total. The number of hydrogen-bond donors (Lipinski definition) is 3. The second kappa shape index (κ2) is 7.62. The summed E-state index contributed by atoms with van der Waals surface area (Å²) >= 11 is 0. The SMILES string of the molecule is C[C@@H](CC(=O)NC(C)(C)CO)NC(=O)C1CCCCC1. The van der Waals surface area contributed by atoms with Crippen molar-refractivity contribution in [1.29, 1.82) is 0 Å². The molecule has 2 amide bonds. The zero-order valence-corrected chi connectivity index (χ0v) is 12.9. The van der Waals surface area contributed by atoms with Gasteiger partial charge in [0.1, 0.15) is 0 Å². The molecule has 20 heavy (non-hydrogen) atoms. The largest absolute Gasteiger partial charge is 0.394 e. The lowest BCUT2D eigenvalue weighted by atomic mass is 9.88.